The molecule has 4 atom stereocenters. The first-order valence-electron chi connectivity index (χ1n) is 17.4. The van der Waals surface area contributed by atoms with Crippen molar-refractivity contribution in [3.05, 3.63) is 157 Å². The van der Waals surface area contributed by atoms with Gasteiger partial charge in [0.15, 0.2) is 0 Å². The molecule has 0 aliphatic heterocycles. The number of furan rings is 2. The van der Waals surface area contributed by atoms with Crippen molar-refractivity contribution in [3.8, 4) is 0 Å². The van der Waals surface area contributed by atoms with Gasteiger partial charge in [-0.15, -0.1) is 0 Å². The fraction of sp³-hybridized carbons (Fsp3) is 0.116. The average Bonchev–Trinajstić information content (AvgIpc) is 3.75. The molecule has 0 fully saturated rings. The zero-order chi connectivity index (χ0) is 37.6. The number of carbonyl (C=O) groups excluding carboxylic acids is 2. The molecular formula is C43H36N2O7P2. The quantitative estimate of drug-likeness (QED) is 0.133. The van der Waals surface area contributed by atoms with Crippen LogP contribution in [0.3, 0.4) is 0 Å². The molecule has 8 rings (SSSR count). The van der Waals surface area contributed by atoms with Crippen LogP contribution in [0.1, 0.15) is 28.0 Å². The Balaban J connectivity index is 1.20. The van der Waals surface area contributed by atoms with Crippen LogP contribution in [0.25, 0.3) is 43.5 Å². The Morgan fingerprint density at radius 3 is 1.57 bits per heavy atom. The summed E-state index contributed by atoms with van der Waals surface area (Å²) in [5, 5.41) is 10.7. The summed E-state index contributed by atoms with van der Waals surface area (Å²) in [6, 6.07) is 38.9. The van der Waals surface area contributed by atoms with Crippen LogP contribution in [-0.4, -0.2) is 25.1 Å². The fourth-order valence-electron chi connectivity index (χ4n) is 7.17. The summed E-state index contributed by atoms with van der Waals surface area (Å²) < 4.78 is 48.4. The van der Waals surface area contributed by atoms with Crippen molar-refractivity contribution in [3.63, 3.8) is 0 Å². The van der Waals surface area contributed by atoms with Gasteiger partial charge >= 0.3 is 0 Å². The number of rotatable bonds is 10. The van der Waals surface area contributed by atoms with Crippen molar-refractivity contribution in [1.29, 1.82) is 0 Å². The van der Waals surface area contributed by atoms with Crippen LogP contribution in [-0.2, 0) is 23.0 Å². The highest BCUT2D eigenvalue weighted by Crippen LogP contribution is 2.72. The Kier molecular flexibility index (Phi) is 9.11. The first-order valence-corrected chi connectivity index (χ1v) is 21.6. The summed E-state index contributed by atoms with van der Waals surface area (Å²) in [6.07, 6.45) is 2.77. The van der Waals surface area contributed by atoms with Crippen LogP contribution >= 0.6 is 14.7 Å². The summed E-state index contributed by atoms with van der Waals surface area (Å²) >= 11 is 0. The number of fused-ring (bicyclic) bond motifs is 4. The van der Waals surface area contributed by atoms with Crippen LogP contribution in [0.5, 0.6) is 0 Å². The highest BCUT2D eigenvalue weighted by molar-refractivity contribution is 7.72. The lowest BCUT2D eigenvalue weighted by atomic mass is 10.1. The van der Waals surface area contributed by atoms with E-state index in [1.165, 1.54) is 25.9 Å². The largest absolute Gasteiger partial charge is 0.464 e. The van der Waals surface area contributed by atoms with Gasteiger partial charge in [0, 0.05) is 46.6 Å². The molecule has 2 aromatic heterocycles. The second kappa shape index (κ2) is 13.9. The van der Waals surface area contributed by atoms with Crippen molar-refractivity contribution in [2.45, 2.75) is 18.2 Å². The topological polar surface area (TPSA) is 128 Å². The zero-order valence-corrected chi connectivity index (χ0v) is 31.5. The van der Waals surface area contributed by atoms with Crippen molar-refractivity contribution in [1.82, 2.24) is 0 Å². The summed E-state index contributed by atoms with van der Waals surface area (Å²) in [5.41, 5.74) is 0.483. The average molecular weight is 755 g/mol. The van der Waals surface area contributed by atoms with Gasteiger partial charge in [0.2, 0.25) is 26.6 Å². The van der Waals surface area contributed by atoms with E-state index in [-0.39, 0.29) is 0 Å². The second-order valence-corrected chi connectivity index (χ2v) is 19.0. The highest BCUT2D eigenvalue weighted by atomic mass is 31.2. The molecule has 54 heavy (non-hydrogen) atoms. The van der Waals surface area contributed by atoms with Gasteiger partial charge in [-0.05, 0) is 70.9 Å². The van der Waals surface area contributed by atoms with E-state index in [4.69, 9.17) is 13.1 Å². The molecule has 0 radical (unpaired) electrons. The van der Waals surface area contributed by atoms with Gasteiger partial charge < -0.3 is 19.5 Å². The zero-order valence-electron chi connectivity index (χ0n) is 29.7. The summed E-state index contributed by atoms with van der Waals surface area (Å²) in [6.45, 7) is 4.47. The van der Waals surface area contributed by atoms with Crippen molar-refractivity contribution >= 4 is 81.4 Å². The maximum atomic E-state index is 15.2. The predicted octanol–water partition coefficient (Wildman–Crippen LogP) is 11.7. The standard InChI is InChI=1S/C43H36N2O7P2/c1-27-16-21-39-35(22-27)37(26-51-39)41(43(47)45-33-20-18-29-11-5-7-13-31(29)24-33)54(3,49)52-53(2,48)40(36-25-50-38-15-9-8-14-34(36)38)42(46)44-32-19-17-28-10-4-6-12-30(28)23-32/h4-26,40-41H,1-3H3,(H,44,46)(H,45,47). The summed E-state index contributed by atoms with van der Waals surface area (Å²) in [7, 11) is -8.57. The van der Waals surface area contributed by atoms with Crippen LogP contribution in [0.2, 0.25) is 0 Å². The molecule has 270 valence electrons. The van der Waals surface area contributed by atoms with Gasteiger partial charge in [0.1, 0.15) is 22.5 Å². The molecule has 0 bridgehead atoms. The van der Waals surface area contributed by atoms with Crippen molar-refractivity contribution in [2.75, 3.05) is 24.0 Å². The molecule has 0 saturated carbocycles. The first-order chi connectivity index (χ1) is 26.0. The van der Waals surface area contributed by atoms with Crippen molar-refractivity contribution in [2.24, 2.45) is 0 Å². The molecule has 0 spiro atoms. The molecule has 8 aromatic rings. The number of carbonyl (C=O) groups is 2. The van der Waals surface area contributed by atoms with Crippen LogP contribution in [0.15, 0.2) is 149 Å². The number of amides is 2. The fourth-order valence-corrected chi connectivity index (χ4v) is 12.9. The Bertz CT molecular complexity index is 2840. The molecule has 0 aliphatic rings. The molecular weight excluding hydrogens is 718 g/mol. The van der Waals surface area contributed by atoms with E-state index < -0.39 is 37.9 Å². The molecule has 11 heteroatoms. The number of anilines is 2. The molecule has 2 heterocycles. The van der Waals surface area contributed by atoms with Crippen molar-refractivity contribution < 1.29 is 31.9 Å². The van der Waals surface area contributed by atoms with Crippen LogP contribution in [0.4, 0.5) is 11.4 Å². The van der Waals surface area contributed by atoms with Crippen LogP contribution < -0.4 is 10.6 Å². The van der Waals surface area contributed by atoms with Crippen LogP contribution in [0, 0.1) is 6.92 Å². The smallest absolute Gasteiger partial charge is 0.241 e. The molecule has 0 aliphatic carbocycles. The SMILES string of the molecule is Cc1ccc2occ(C(C(=O)Nc3ccc4ccccc4c3)P(C)(=O)OP(C)(=O)C(C(=O)Nc3ccc4ccccc4c3)c3coc4ccccc34)c2c1. The highest BCUT2D eigenvalue weighted by Gasteiger charge is 2.48. The minimum absolute atomic E-state index is 0.302. The van der Waals surface area contributed by atoms with Gasteiger partial charge in [-0.3, -0.25) is 23.0 Å². The van der Waals surface area contributed by atoms with E-state index in [0.717, 1.165) is 27.1 Å². The minimum Gasteiger partial charge on any atom is -0.464 e. The molecule has 9 nitrogen and oxygen atoms in total. The Morgan fingerprint density at radius 1 is 0.556 bits per heavy atom. The maximum absolute atomic E-state index is 15.2. The molecule has 2 N–H and O–H groups in total. The van der Waals surface area contributed by atoms with E-state index in [1.807, 2.05) is 91.9 Å². The number of benzene rings is 6. The first kappa shape index (κ1) is 35.3. The van der Waals surface area contributed by atoms with E-state index in [1.54, 1.807) is 42.5 Å². The molecule has 6 aromatic carbocycles. The molecule has 2 amide bonds. The number of aryl methyl sites for hydroxylation is 1. The minimum atomic E-state index is -4.29. The van der Waals surface area contributed by atoms with Gasteiger partial charge in [-0.2, -0.15) is 0 Å². The molecule has 0 saturated heterocycles. The normalized spacial score (nSPS) is 15.1. The number of nitrogens with one attached hydrogen (secondary N) is 2. The third-order valence-electron chi connectivity index (χ3n) is 9.65. The van der Waals surface area contributed by atoms with Gasteiger partial charge in [0.05, 0.1) is 12.5 Å². The van der Waals surface area contributed by atoms with E-state index in [0.29, 0.717) is 44.4 Å². The monoisotopic (exact) mass is 754 g/mol. The number of hydrogen-bond acceptors (Lipinski definition) is 7. The number of para-hydroxylation sites is 1. The Morgan fingerprint density at radius 2 is 1.02 bits per heavy atom. The van der Waals surface area contributed by atoms with E-state index in [9.17, 15) is 9.59 Å². The van der Waals surface area contributed by atoms with Gasteiger partial charge in [0.25, 0.3) is 0 Å². The Hall–Kier alpha value is -5.72. The lowest BCUT2D eigenvalue weighted by molar-refractivity contribution is -0.116. The van der Waals surface area contributed by atoms with Gasteiger partial charge in [-0.1, -0.05) is 90.5 Å². The maximum Gasteiger partial charge on any atom is 0.241 e. The number of hydrogen-bond donors (Lipinski definition) is 2. The summed E-state index contributed by atoms with van der Waals surface area (Å²) in [5.74, 6) is -1.30. The predicted molar refractivity (Wildman–Crippen MR) is 216 cm³/mol. The lowest BCUT2D eigenvalue weighted by Gasteiger charge is -2.30. The van der Waals surface area contributed by atoms with E-state index in [2.05, 4.69) is 10.6 Å². The third-order valence-corrected chi connectivity index (χ3v) is 15.1. The van der Waals surface area contributed by atoms with Gasteiger partial charge in [-0.25, -0.2) is 0 Å². The van der Waals surface area contributed by atoms with E-state index >= 15 is 9.13 Å². The third kappa shape index (κ3) is 6.78. The lowest BCUT2D eigenvalue weighted by Crippen LogP contribution is -2.24. The second-order valence-electron chi connectivity index (χ2n) is 13.7. The molecule has 4 unspecified atom stereocenters. The summed E-state index contributed by atoms with van der Waals surface area (Å²) in [4.78, 5) is 28.9. The Labute approximate surface area is 311 Å².